The molecule has 2 saturated heterocycles. The van der Waals surface area contributed by atoms with Crippen LogP contribution in [0.2, 0.25) is 0 Å². The number of fused-ring (bicyclic) bond motifs is 1. The fourth-order valence-corrected chi connectivity index (χ4v) is 3.79. The molecule has 2 aliphatic heterocycles. The van der Waals surface area contributed by atoms with Gasteiger partial charge in [-0.1, -0.05) is 0 Å². The summed E-state index contributed by atoms with van der Waals surface area (Å²) >= 11 is 0. The first-order valence-corrected chi connectivity index (χ1v) is 6.44. The van der Waals surface area contributed by atoms with E-state index >= 15 is 0 Å². The summed E-state index contributed by atoms with van der Waals surface area (Å²) in [5, 5.41) is 3.15. The highest BCUT2D eigenvalue weighted by Gasteiger charge is 2.48. The average molecular weight is 240 g/mol. The Morgan fingerprint density at radius 1 is 1.40 bits per heavy atom. The van der Waals surface area contributed by atoms with Gasteiger partial charge in [-0.15, -0.1) is 0 Å². The Bertz CT molecular complexity index is 347. The number of nitrogens with zero attached hydrogens (tertiary/aromatic N) is 1. The molecule has 0 spiro atoms. The summed E-state index contributed by atoms with van der Waals surface area (Å²) in [5.41, 5.74) is 0. The Hall–Kier alpha value is -0.270. The van der Waals surface area contributed by atoms with Crippen molar-refractivity contribution in [1.82, 2.24) is 9.62 Å². The van der Waals surface area contributed by atoms with Crippen LogP contribution in [-0.4, -0.2) is 44.2 Å². The van der Waals surface area contributed by atoms with Crippen LogP contribution in [0.3, 0.4) is 0 Å². The van der Waals surface area contributed by atoms with Gasteiger partial charge in [-0.3, -0.25) is 0 Å². The molecular formula is C8H14F2N2O2S. The van der Waals surface area contributed by atoms with E-state index in [4.69, 9.17) is 0 Å². The minimum Gasteiger partial charge on any atom is -0.316 e. The zero-order chi connectivity index (χ0) is 11.2. The molecule has 2 heterocycles. The van der Waals surface area contributed by atoms with Crippen molar-refractivity contribution < 1.29 is 17.2 Å². The van der Waals surface area contributed by atoms with Crippen LogP contribution >= 0.6 is 0 Å². The third-order valence-corrected chi connectivity index (χ3v) is 5.02. The van der Waals surface area contributed by atoms with Gasteiger partial charge < -0.3 is 5.32 Å². The van der Waals surface area contributed by atoms with E-state index in [2.05, 4.69) is 5.32 Å². The van der Waals surface area contributed by atoms with Crippen molar-refractivity contribution in [3.8, 4) is 0 Å². The van der Waals surface area contributed by atoms with Crippen LogP contribution in [0.5, 0.6) is 0 Å². The number of nitrogens with one attached hydrogen (secondary N) is 1. The molecule has 0 saturated carbocycles. The van der Waals surface area contributed by atoms with Gasteiger partial charge >= 0.3 is 5.76 Å². The lowest BCUT2D eigenvalue weighted by molar-refractivity contribution is 0.215. The van der Waals surface area contributed by atoms with Gasteiger partial charge in [-0.05, 0) is 31.8 Å². The molecule has 0 bridgehead atoms. The number of sulfonamides is 1. The number of halogens is 2. The van der Waals surface area contributed by atoms with Crippen molar-refractivity contribution in [3.05, 3.63) is 0 Å². The molecule has 88 valence electrons. The molecule has 2 rings (SSSR count). The standard InChI is InChI=1S/C8H14F2N2O2S/c1-5-7-3-11-2-6(7)4-12(5)15(13,14)8(9)10/h5-8,11H,2-4H2,1H3. The van der Waals surface area contributed by atoms with Gasteiger partial charge in [0.15, 0.2) is 0 Å². The van der Waals surface area contributed by atoms with Crippen molar-refractivity contribution in [2.45, 2.75) is 18.7 Å². The molecule has 7 heteroatoms. The molecule has 0 aromatic heterocycles. The minimum absolute atomic E-state index is 0.179. The lowest BCUT2D eigenvalue weighted by Crippen LogP contribution is -2.40. The van der Waals surface area contributed by atoms with E-state index < -0.39 is 15.8 Å². The van der Waals surface area contributed by atoms with E-state index in [0.29, 0.717) is 0 Å². The molecule has 3 atom stereocenters. The molecule has 3 unspecified atom stereocenters. The summed E-state index contributed by atoms with van der Waals surface area (Å²) in [6.45, 7) is 3.38. The summed E-state index contributed by atoms with van der Waals surface area (Å²) in [5.74, 6) is -2.93. The van der Waals surface area contributed by atoms with Gasteiger partial charge in [0.05, 0.1) is 0 Å². The lowest BCUT2D eigenvalue weighted by Gasteiger charge is -2.23. The fraction of sp³-hybridized carbons (Fsp3) is 1.00. The van der Waals surface area contributed by atoms with Crippen molar-refractivity contribution in [2.75, 3.05) is 19.6 Å². The second-order valence-corrected chi connectivity index (χ2v) is 6.05. The third kappa shape index (κ3) is 1.66. The number of alkyl halides is 2. The van der Waals surface area contributed by atoms with E-state index in [1.165, 1.54) is 0 Å². The van der Waals surface area contributed by atoms with Gasteiger partial charge in [0.1, 0.15) is 0 Å². The zero-order valence-electron chi connectivity index (χ0n) is 8.36. The maximum absolute atomic E-state index is 12.4. The van der Waals surface area contributed by atoms with Gasteiger partial charge in [0.25, 0.3) is 10.0 Å². The van der Waals surface area contributed by atoms with Crippen molar-refractivity contribution in [1.29, 1.82) is 0 Å². The average Bonchev–Trinajstić information content (AvgIpc) is 2.69. The van der Waals surface area contributed by atoms with E-state index in [-0.39, 0.29) is 24.4 Å². The highest BCUT2D eigenvalue weighted by molar-refractivity contribution is 7.89. The summed E-state index contributed by atoms with van der Waals surface area (Å²) in [7, 11) is -4.40. The Morgan fingerprint density at radius 3 is 2.60 bits per heavy atom. The monoisotopic (exact) mass is 240 g/mol. The Morgan fingerprint density at radius 2 is 2.07 bits per heavy atom. The third-order valence-electron chi connectivity index (χ3n) is 3.43. The largest absolute Gasteiger partial charge is 0.350 e. The van der Waals surface area contributed by atoms with Crippen LogP contribution in [0.4, 0.5) is 8.78 Å². The van der Waals surface area contributed by atoms with Crippen LogP contribution in [-0.2, 0) is 10.0 Å². The first kappa shape index (κ1) is 11.2. The smallest absolute Gasteiger partial charge is 0.316 e. The molecular weight excluding hydrogens is 226 g/mol. The first-order valence-electron chi connectivity index (χ1n) is 4.94. The molecule has 2 fully saturated rings. The van der Waals surface area contributed by atoms with E-state index in [1.807, 2.05) is 0 Å². The predicted molar refractivity (Wildman–Crippen MR) is 50.9 cm³/mol. The predicted octanol–water partition coefficient (Wildman–Crippen LogP) is 0.0785. The van der Waals surface area contributed by atoms with Crippen LogP contribution < -0.4 is 5.32 Å². The van der Waals surface area contributed by atoms with E-state index in [0.717, 1.165) is 17.4 Å². The summed E-state index contributed by atoms with van der Waals surface area (Å²) in [4.78, 5) is 0. The van der Waals surface area contributed by atoms with Gasteiger partial charge in [0.2, 0.25) is 0 Å². The van der Waals surface area contributed by atoms with Crippen LogP contribution in [0.25, 0.3) is 0 Å². The molecule has 0 amide bonds. The summed E-state index contributed by atoms with van der Waals surface area (Å²) in [6.07, 6.45) is 0. The Balaban J connectivity index is 2.20. The lowest BCUT2D eigenvalue weighted by atomic mass is 9.95. The highest BCUT2D eigenvalue weighted by Crippen LogP contribution is 2.35. The van der Waals surface area contributed by atoms with Crippen LogP contribution in [0.15, 0.2) is 0 Å². The van der Waals surface area contributed by atoms with E-state index in [9.17, 15) is 17.2 Å². The number of rotatable bonds is 2. The first-order chi connectivity index (χ1) is 6.94. The highest BCUT2D eigenvalue weighted by atomic mass is 32.2. The van der Waals surface area contributed by atoms with Gasteiger partial charge in [-0.25, -0.2) is 8.42 Å². The minimum atomic E-state index is -4.40. The number of hydrogen-bond donors (Lipinski definition) is 1. The molecule has 0 aromatic rings. The van der Waals surface area contributed by atoms with Crippen LogP contribution in [0, 0.1) is 11.8 Å². The normalized spacial score (nSPS) is 37.5. The SMILES string of the molecule is CC1C2CNCC2CN1S(=O)(=O)C(F)F. The topological polar surface area (TPSA) is 49.4 Å². The summed E-state index contributed by atoms with van der Waals surface area (Å²) in [6, 6.07) is -0.316. The maximum atomic E-state index is 12.4. The van der Waals surface area contributed by atoms with Crippen molar-refractivity contribution in [2.24, 2.45) is 11.8 Å². The quantitative estimate of drug-likeness (QED) is 0.743. The zero-order valence-corrected chi connectivity index (χ0v) is 9.18. The molecule has 1 N–H and O–H groups in total. The Labute approximate surface area is 87.7 Å². The maximum Gasteiger partial charge on any atom is 0.350 e. The second kappa shape index (κ2) is 3.64. The van der Waals surface area contributed by atoms with Crippen LogP contribution in [0.1, 0.15) is 6.92 Å². The Kier molecular flexibility index (Phi) is 2.72. The number of hydrogen-bond acceptors (Lipinski definition) is 3. The molecule has 0 aromatic carbocycles. The van der Waals surface area contributed by atoms with Crippen molar-refractivity contribution >= 4 is 10.0 Å². The summed E-state index contributed by atoms with van der Waals surface area (Å²) < 4.78 is 48.4. The molecule has 0 radical (unpaired) electrons. The van der Waals surface area contributed by atoms with Gasteiger partial charge in [-0.2, -0.15) is 13.1 Å². The molecule has 2 aliphatic rings. The van der Waals surface area contributed by atoms with Gasteiger partial charge in [0, 0.05) is 12.6 Å². The van der Waals surface area contributed by atoms with Crippen molar-refractivity contribution in [3.63, 3.8) is 0 Å². The molecule has 0 aliphatic carbocycles. The second-order valence-electron chi connectivity index (χ2n) is 4.20. The molecule has 15 heavy (non-hydrogen) atoms. The van der Waals surface area contributed by atoms with E-state index in [1.54, 1.807) is 6.92 Å². The fourth-order valence-electron chi connectivity index (χ4n) is 2.57. The molecule has 4 nitrogen and oxygen atoms in total.